The van der Waals surface area contributed by atoms with Crippen molar-refractivity contribution in [2.45, 2.75) is 32.7 Å². The topological polar surface area (TPSA) is 93.6 Å². The average Bonchev–Trinajstić information content (AvgIpc) is 2.86. The number of primary amides is 1. The Balaban J connectivity index is 1.67. The summed E-state index contributed by atoms with van der Waals surface area (Å²) in [5, 5.41) is 14.1. The molecule has 0 saturated carbocycles. The molecular weight excluding hydrogens is 344 g/mol. The lowest BCUT2D eigenvalue weighted by molar-refractivity contribution is -0.119. The van der Waals surface area contributed by atoms with Gasteiger partial charge >= 0.3 is 0 Å². The molecule has 2 aromatic rings. The van der Waals surface area contributed by atoms with Gasteiger partial charge in [-0.15, -0.1) is 0 Å². The summed E-state index contributed by atoms with van der Waals surface area (Å²) < 4.78 is 7.24. The molecule has 0 aliphatic carbocycles. The fraction of sp³-hybridized carbons (Fsp3) is 0.412. The second-order valence-electron chi connectivity index (χ2n) is 6.09. The number of aliphatic hydroxyl groups excluding tert-OH is 1. The summed E-state index contributed by atoms with van der Waals surface area (Å²) in [4.78, 5) is 13.1. The summed E-state index contributed by atoms with van der Waals surface area (Å²) in [6, 6.07) is 7.49. The van der Waals surface area contributed by atoms with Gasteiger partial charge < -0.3 is 15.6 Å². The van der Waals surface area contributed by atoms with E-state index in [0.717, 1.165) is 43.9 Å². The van der Waals surface area contributed by atoms with Gasteiger partial charge in [-0.25, -0.2) is 0 Å². The van der Waals surface area contributed by atoms with Crippen molar-refractivity contribution in [1.82, 2.24) is 14.7 Å². The first-order chi connectivity index (χ1) is 12.0. The summed E-state index contributed by atoms with van der Waals surface area (Å²) >= 11 is 6.23. The SMILES string of the molecule is NC(=O)COc1ccc(CN2CCCn3nc(CO)cc3C2)cc1Cl. The zero-order valence-corrected chi connectivity index (χ0v) is 14.6. The van der Waals surface area contributed by atoms with Crippen LogP contribution in [-0.4, -0.2) is 38.8 Å². The van der Waals surface area contributed by atoms with Crippen LogP contribution in [0.5, 0.6) is 5.75 Å². The highest BCUT2D eigenvalue weighted by atomic mass is 35.5. The molecule has 25 heavy (non-hydrogen) atoms. The number of hydrogen-bond donors (Lipinski definition) is 2. The zero-order chi connectivity index (χ0) is 17.8. The highest BCUT2D eigenvalue weighted by molar-refractivity contribution is 6.32. The second-order valence-corrected chi connectivity index (χ2v) is 6.50. The zero-order valence-electron chi connectivity index (χ0n) is 13.8. The van der Waals surface area contributed by atoms with Gasteiger partial charge in [0.15, 0.2) is 6.61 Å². The second kappa shape index (κ2) is 7.86. The quantitative estimate of drug-likeness (QED) is 0.805. The predicted molar refractivity (Wildman–Crippen MR) is 93.0 cm³/mol. The molecule has 1 aliphatic rings. The van der Waals surface area contributed by atoms with Gasteiger partial charge in [-0.1, -0.05) is 17.7 Å². The summed E-state index contributed by atoms with van der Waals surface area (Å²) in [7, 11) is 0. The van der Waals surface area contributed by atoms with Crippen molar-refractivity contribution in [2.75, 3.05) is 13.2 Å². The molecule has 1 aliphatic heterocycles. The van der Waals surface area contributed by atoms with E-state index in [1.165, 1.54) is 0 Å². The number of aliphatic hydroxyl groups is 1. The Hall–Kier alpha value is -2.09. The fourth-order valence-electron chi connectivity index (χ4n) is 2.97. The molecule has 0 bridgehead atoms. The number of benzene rings is 1. The monoisotopic (exact) mass is 364 g/mol. The lowest BCUT2D eigenvalue weighted by Gasteiger charge is -2.20. The highest BCUT2D eigenvalue weighted by Gasteiger charge is 2.17. The van der Waals surface area contributed by atoms with E-state index < -0.39 is 5.91 Å². The summed E-state index contributed by atoms with van der Waals surface area (Å²) in [6.07, 6.45) is 0.993. The Bertz CT molecular complexity index is 762. The van der Waals surface area contributed by atoms with Crippen molar-refractivity contribution in [3.8, 4) is 5.75 Å². The van der Waals surface area contributed by atoms with Crippen molar-refractivity contribution >= 4 is 17.5 Å². The van der Waals surface area contributed by atoms with Gasteiger partial charge in [0.05, 0.1) is 23.0 Å². The number of hydrogen-bond acceptors (Lipinski definition) is 5. The lowest BCUT2D eigenvalue weighted by atomic mass is 10.2. The number of rotatable bonds is 6. The van der Waals surface area contributed by atoms with E-state index >= 15 is 0 Å². The normalized spacial score (nSPS) is 14.8. The minimum absolute atomic E-state index is 0.0393. The Morgan fingerprint density at radius 3 is 2.92 bits per heavy atom. The van der Waals surface area contributed by atoms with Crippen molar-refractivity contribution in [2.24, 2.45) is 5.73 Å². The molecule has 0 saturated heterocycles. The van der Waals surface area contributed by atoms with Crippen LogP contribution >= 0.6 is 11.6 Å². The van der Waals surface area contributed by atoms with Crippen LogP contribution < -0.4 is 10.5 Å². The molecule has 3 rings (SSSR count). The van der Waals surface area contributed by atoms with Crippen LogP contribution in [0.15, 0.2) is 24.3 Å². The highest BCUT2D eigenvalue weighted by Crippen LogP contribution is 2.26. The van der Waals surface area contributed by atoms with Crippen molar-refractivity contribution in [3.63, 3.8) is 0 Å². The van der Waals surface area contributed by atoms with E-state index in [-0.39, 0.29) is 13.2 Å². The van der Waals surface area contributed by atoms with Crippen LogP contribution in [0.25, 0.3) is 0 Å². The summed E-state index contributed by atoms with van der Waals surface area (Å²) in [5.41, 5.74) is 7.94. The van der Waals surface area contributed by atoms with E-state index in [1.807, 2.05) is 22.9 Å². The van der Waals surface area contributed by atoms with Crippen LogP contribution in [0.1, 0.15) is 23.4 Å². The molecular formula is C17H21ClN4O3. The number of nitrogens with two attached hydrogens (primary N) is 1. The molecule has 2 heterocycles. The predicted octanol–water partition coefficient (Wildman–Crippen LogP) is 1.30. The number of carbonyl (C=O) groups is 1. The van der Waals surface area contributed by atoms with Gasteiger partial charge in [-0.3, -0.25) is 14.4 Å². The third kappa shape index (κ3) is 4.50. The number of fused-ring (bicyclic) bond motifs is 1. The molecule has 0 spiro atoms. The maximum Gasteiger partial charge on any atom is 0.255 e. The Labute approximate surface area is 150 Å². The van der Waals surface area contributed by atoms with Crippen LogP contribution in [0.3, 0.4) is 0 Å². The van der Waals surface area contributed by atoms with Crippen LogP contribution in [0, 0.1) is 0 Å². The number of aryl methyl sites for hydroxylation is 1. The molecule has 0 atom stereocenters. The smallest absolute Gasteiger partial charge is 0.255 e. The van der Waals surface area contributed by atoms with Gasteiger partial charge in [-0.05, 0) is 30.2 Å². The molecule has 0 radical (unpaired) electrons. The number of ether oxygens (including phenoxy) is 1. The number of halogens is 1. The molecule has 7 nitrogen and oxygen atoms in total. The minimum atomic E-state index is -0.538. The molecule has 0 unspecified atom stereocenters. The van der Waals surface area contributed by atoms with Gasteiger partial charge in [0, 0.05) is 26.2 Å². The average molecular weight is 365 g/mol. The Kier molecular flexibility index (Phi) is 5.57. The fourth-order valence-corrected chi connectivity index (χ4v) is 3.22. The maximum atomic E-state index is 10.8. The number of aromatic nitrogens is 2. The van der Waals surface area contributed by atoms with Crippen LogP contribution in [-0.2, 0) is 31.0 Å². The molecule has 1 amide bonds. The first-order valence-electron chi connectivity index (χ1n) is 8.13. The van der Waals surface area contributed by atoms with Crippen molar-refractivity contribution < 1.29 is 14.6 Å². The lowest BCUT2D eigenvalue weighted by Crippen LogP contribution is -2.23. The standard InChI is InChI=1S/C17H21ClN4O3/c18-15-6-12(2-3-16(15)25-11-17(19)24)8-21-4-1-5-22-14(9-21)7-13(10-23)20-22/h2-3,6-7,23H,1,4-5,8-11H2,(H2,19,24). The van der Waals surface area contributed by atoms with E-state index in [1.54, 1.807) is 6.07 Å². The molecule has 3 N–H and O–H groups in total. The molecule has 8 heteroatoms. The van der Waals surface area contributed by atoms with E-state index in [9.17, 15) is 9.90 Å². The van der Waals surface area contributed by atoms with Crippen LogP contribution in [0.4, 0.5) is 0 Å². The van der Waals surface area contributed by atoms with Gasteiger partial charge in [0.1, 0.15) is 5.75 Å². The molecule has 134 valence electrons. The minimum Gasteiger partial charge on any atom is -0.482 e. The molecule has 0 fully saturated rings. The third-order valence-corrected chi connectivity index (χ3v) is 4.37. The third-order valence-electron chi connectivity index (χ3n) is 4.08. The van der Waals surface area contributed by atoms with Crippen molar-refractivity contribution in [1.29, 1.82) is 0 Å². The van der Waals surface area contributed by atoms with E-state index in [4.69, 9.17) is 22.1 Å². The largest absolute Gasteiger partial charge is 0.482 e. The first kappa shape index (κ1) is 17.7. The summed E-state index contributed by atoms with van der Waals surface area (Å²) in [6.45, 7) is 3.09. The van der Waals surface area contributed by atoms with E-state index in [2.05, 4.69) is 10.00 Å². The Morgan fingerprint density at radius 1 is 1.36 bits per heavy atom. The van der Waals surface area contributed by atoms with Crippen molar-refractivity contribution in [3.05, 3.63) is 46.2 Å². The maximum absolute atomic E-state index is 10.8. The van der Waals surface area contributed by atoms with Gasteiger partial charge in [-0.2, -0.15) is 5.10 Å². The van der Waals surface area contributed by atoms with E-state index in [0.29, 0.717) is 16.5 Å². The summed E-state index contributed by atoms with van der Waals surface area (Å²) in [5.74, 6) is -0.0886. The Morgan fingerprint density at radius 2 is 2.20 bits per heavy atom. The molecule has 1 aromatic carbocycles. The number of amides is 1. The van der Waals surface area contributed by atoms with Crippen LogP contribution in [0.2, 0.25) is 5.02 Å². The van der Waals surface area contributed by atoms with Gasteiger partial charge in [0.25, 0.3) is 5.91 Å². The number of nitrogens with zero attached hydrogens (tertiary/aromatic N) is 3. The molecule has 1 aromatic heterocycles. The first-order valence-corrected chi connectivity index (χ1v) is 8.51. The number of carbonyl (C=O) groups excluding carboxylic acids is 1. The van der Waals surface area contributed by atoms with Gasteiger partial charge in [0.2, 0.25) is 0 Å².